The average molecular weight is 339 g/mol. The van der Waals surface area contributed by atoms with E-state index in [1.165, 1.54) is 11.1 Å². The first kappa shape index (κ1) is 16.0. The molecule has 2 aliphatic rings. The minimum absolute atomic E-state index is 0.0422. The van der Waals surface area contributed by atoms with Gasteiger partial charge in [0.1, 0.15) is 0 Å². The van der Waals surface area contributed by atoms with Gasteiger partial charge in [-0.15, -0.1) is 0 Å². The summed E-state index contributed by atoms with van der Waals surface area (Å²) in [5.41, 5.74) is 3.49. The molecule has 0 unspecified atom stereocenters. The second-order valence-corrected chi connectivity index (χ2v) is 6.54. The van der Waals surface area contributed by atoms with Gasteiger partial charge in [0.05, 0.1) is 19.1 Å². The van der Waals surface area contributed by atoms with Crippen LogP contribution in [0.4, 0.5) is 0 Å². The van der Waals surface area contributed by atoms with Crippen molar-refractivity contribution in [1.29, 1.82) is 0 Å². The third-order valence-corrected chi connectivity index (χ3v) is 4.74. The lowest BCUT2D eigenvalue weighted by atomic mass is 9.99. The topological polar surface area (TPSA) is 48.0 Å². The average Bonchev–Trinajstić information content (AvgIpc) is 3.09. The van der Waals surface area contributed by atoms with Crippen LogP contribution >= 0.6 is 0 Å². The molecule has 5 heteroatoms. The first-order valence-corrected chi connectivity index (χ1v) is 8.50. The molecule has 5 nitrogen and oxygen atoms in total. The van der Waals surface area contributed by atoms with Crippen molar-refractivity contribution in [3.8, 4) is 11.5 Å². The van der Waals surface area contributed by atoms with Crippen molar-refractivity contribution in [2.24, 2.45) is 0 Å². The number of benzene rings is 2. The molecule has 0 bridgehead atoms. The van der Waals surface area contributed by atoms with Crippen LogP contribution in [0.2, 0.25) is 0 Å². The van der Waals surface area contributed by atoms with Gasteiger partial charge in [-0.3, -0.25) is 4.79 Å². The first-order valence-electron chi connectivity index (χ1n) is 8.50. The maximum atomic E-state index is 12.5. The predicted molar refractivity (Wildman–Crippen MR) is 92.6 cm³/mol. The highest BCUT2D eigenvalue weighted by molar-refractivity contribution is 5.78. The summed E-state index contributed by atoms with van der Waals surface area (Å²) in [6.07, 6.45) is 1.23. The maximum Gasteiger partial charge on any atom is 0.231 e. The highest BCUT2D eigenvalue weighted by Crippen LogP contribution is 2.32. The summed E-state index contributed by atoms with van der Waals surface area (Å²) in [5.74, 6) is 1.51. The summed E-state index contributed by atoms with van der Waals surface area (Å²) in [5, 5.41) is 0. The molecule has 0 radical (unpaired) electrons. The zero-order chi connectivity index (χ0) is 17.2. The SMILES string of the molecule is CN(C[C@H]1Cc2ccccc2CO1)C(=O)Cc1ccc2c(c1)OCO2. The van der Waals surface area contributed by atoms with E-state index in [1.807, 2.05) is 31.3 Å². The van der Waals surface area contributed by atoms with Gasteiger partial charge in [-0.2, -0.15) is 0 Å². The summed E-state index contributed by atoms with van der Waals surface area (Å²) >= 11 is 0. The van der Waals surface area contributed by atoms with Crippen LogP contribution < -0.4 is 9.47 Å². The van der Waals surface area contributed by atoms with Gasteiger partial charge in [0, 0.05) is 20.0 Å². The fourth-order valence-electron chi connectivity index (χ4n) is 3.29. The lowest BCUT2D eigenvalue weighted by Gasteiger charge is -2.29. The quantitative estimate of drug-likeness (QED) is 0.859. The number of hydrogen-bond donors (Lipinski definition) is 0. The van der Waals surface area contributed by atoms with Crippen LogP contribution in [-0.4, -0.2) is 37.3 Å². The molecular formula is C20H21NO4. The van der Waals surface area contributed by atoms with Crippen molar-refractivity contribution < 1.29 is 19.0 Å². The zero-order valence-electron chi connectivity index (χ0n) is 14.2. The van der Waals surface area contributed by atoms with Gasteiger partial charge in [0.2, 0.25) is 12.7 Å². The lowest BCUT2D eigenvalue weighted by Crippen LogP contribution is -2.38. The van der Waals surface area contributed by atoms with E-state index in [0.29, 0.717) is 25.3 Å². The third kappa shape index (κ3) is 3.46. The standard InChI is InChI=1S/C20H21NO4/c1-21(11-17-10-15-4-2-3-5-16(15)12-23-17)20(22)9-14-6-7-18-19(8-14)25-13-24-18/h2-8,17H,9-13H2,1H3/t17-/m1/s1. The Balaban J connectivity index is 1.35. The number of nitrogens with zero attached hydrogens (tertiary/aromatic N) is 1. The zero-order valence-corrected chi connectivity index (χ0v) is 14.2. The van der Waals surface area contributed by atoms with E-state index in [4.69, 9.17) is 14.2 Å². The fourth-order valence-corrected chi connectivity index (χ4v) is 3.29. The molecule has 0 aliphatic carbocycles. The third-order valence-electron chi connectivity index (χ3n) is 4.74. The Morgan fingerprint density at radius 2 is 1.92 bits per heavy atom. The normalized spacial score (nSPS) is 17.9. The van der Waals surface area contributed by atoms with Gasteiger partial charge in [0.25, 0.3) is 0 Å². The van der Waals surface area contributed by atoms with Gasteiger partial charge in [-0.25, -0.2) is 0 Å². The molecule has 25 heavy (non-hydrogen) atoms. The Morgan fingerprint density at radius 3 is 2.80 bits per heavy atom. The van der Waals surface area contributed by atoms with E-state index in [2.05, 4.69) is 18.2 Å². The molecule has 1 amide bonds. The fraction of sp³-hybridized carbons (Fsp3) is 0.350. The molecule has 2 aromatic carbocycles. The second-order valence-electron chi connectivity index (χ2n) is 6.54. The number of likely N-dealkylation sites (N-methyl/N-ethyl adjacent to an activating group) is 1. The summed E-state index contributed by atoms with van der Waals surface area (Å²) in [7, 11) is 1.83. The van der Waals surface area contributed by atoms with Crippen LogP contribution in [0.3, 0.4) is 0 Å². The minimum atomic E-state index is 0.0422. The molecule has 2 heterocycles. The van der Waals surface area contributed by atoms with Gasteiger partial charge in [-0.05, 0) is 28.8 Å². The van der Waals surface area contributed by atoms with Crippen LogP contribution in [0.25, 0.3) is 0 Å². The number of ether oxygens (including phenoxy) is 3. The van der Waals surface area contributed by atoms with Gasteiger partial charge >= 0.3 is 0 Å². The van der Waals surface area contributed by atoms with Crippen molar-refractivity contribution in [1.82, 2.24) is 4.90 Å². The number of fused-ring (bicyclic) bond motifs is 2. The molecule has 0 aromatic heterocycles. The maximum absolute atomic E-state index is 12.5. The Labute approximate surface area is 147 Å². The molecule has 0 spiro atoms. The molecule has 1 atom stereocenters. The van der Waals surface area contributed by atoms with Crippen molar-refractivity contribution >= 4 is 5.91 Å². The van der Waals surface area contributed by atoms with Crippen LogP contribution in [-0.2, 0) is 29.0 Å². The van der Waals surface area contributed by atoms with Crippen LogP contribution in [0.5, 0.6) is 11.5 Å². The molecule has 2 aliphatic heterocycles. The molecule has 2 aromatic rings. The summed E-state index contributed by atoms with van der Waals surface area (Å²) in [6, 6.07) is 14.0. The Bertz CT molecular complexity index is 789. The van der Waals surface area contributed by atoms with Gasteiger partial charge in [-0.1, -0.05) is 30.3 Å². The summed E-state index contributed by atoms with van der Waals surface area (Å²) in [6.45, 7) is 1.45. The minimum Gasteiger partial charge on any atom is -0.454 e. The number of carbonyl (C=O) groups excluding carboxylic acids is 1. The largest absolute Gasteiger partial charge is 0.454 e. The van der Waals surface area contributed by atoms with E-state index in [0.717, 1.165) is 17.7 Å². The van der Waals surface area contributed by atoms with E-state index in [-0.39, 0.29) is 18.8 Å². The van der Waals surface area contributed by atoms with Crippen molar-refractivity contribution in [2.75, 3.05) is 20.4 Å². The Kier molecular flexibility index (Phi) is 4.32. The van der Waals surface area contributed by atoms with Gasteiger partial charge in [0.15, 0.2) is 11.5 Å². The smallest absolute Gasteiger partial charge is 0.231 e. The van der Waals surface area contributed by atoms with E-state index < -0.39 is 0 Å². The van der Waals surface area contributed by atoms with Crippen molar-refractivity contribution in [3.05, 3.63) is 59.2 Å². The Morgan fingerprint density at radius 1 is 1.12 bits per heavy atom. The van der Waals surface area contributed by atoms with Crippen LogP contribution in [0, 0.1) is 0 Å². The number of rotatable bonds is 4. The highest BCUT2D eigenvalue weighted by atomic mass is 16.7. The highest BCUT2D eigenvalue weighted by Gasteiger charge is 2.22. The van der Waals surface area contributed by atoms with E-state index in [1.54, 1.807) is 4.90 Å². The predicted octanol–water partition coefficient (Wildman–Crippen LogP) is 2.56. The second kappa shape index (κ2) is 6.76. The monoisotopic (exact) mass is 339 g/mol. The Hall–Kier alpha value is -2.53. The van der Waals surface area contributed by atoms with Crippen molar-refractivity contribution in [3.63, 3.8) is 0 Å². The van der Waals surface area contributed by atoms with Gasteiger partial charge < -0.3 is 19.1 Å². The van der Waals surface area contributed by atoms with Crippen LogP contribution in [0.15, 0.2) is 42.5 Å². The number of hydrogen-bond acceptors (Lipinski definition) is 4. The first-order chi connectivity index (χ1) is 12.2. The number of amides is 1. The molecular weight excluding hydrogens is 318 g/mol. The summed E-state index contributed by atoms with van der Waals surface area (Å²) in [4.78, 5) is 14.3. The van der Waals surface area contributed by atoms with Crippen LogP contribution in [0.1, 0.15) is 16.7 Å². The molecule has 0 saturated heterocycles. The number of carbonyl (C=O) groups is 1. The molecule has 130 valence electrons. The van der Waals surface area contributed by atoms with E-state index >= 15 is 0 Å². The molecule has 0 fully saturated rings. The molecule has 0 saturated carbocycles. The molecule has 0 N–H and O–H groups in total. The van der Waals surface area contributed by atoms with Crippen molar-refractivity contribution in [2.45, 2.75) is 25.6 Å². The molecule has 4 rings (SSSR count). The lowest BCUT2D eigenvalue weighted by molar-refractivity contribution is -0.131. The summed E-state index contributed by atoms with van der Waals surface area (Å²) < 4.78 is 16.6. The van der Waals surface area contributed by atoms with E-state index in [9.17, 15) is 4.79 Å².